The maximum Gasteiger partial charge on any atom is 0.272 e. The summed E-state index contributed by atoms with van der Waals surface area (Å²) >= 11 is 11.3. The standard InChI is InChI=1S/C9H6Cl2F2O2/c10-6-1-5(3-14)9(7(11)2-6)15-4-8(12)13/h1-3,8H,4H2. The van der Waals surface area contributed by atoms with Crippen molar-refractivity contribution >= 4 is 29.5 Å². The Morgan fingerprint density at radius 1 is 1.40 bits per heavy atom. The van der Waals surface area contributed by atoms with Crippen LogP contribution in [0.5, 0.6) is 5.75 Å². The second-order valence-electron chi connectivity index (χ2n) is 2.63. The maximum absolute atomic E-state index is 11.9. The van der Waals surface area contributed by atoms with E-state index < -0.39 is 13.0 Å². The highest BCUT2D eigenvalue weighted by Crippen LogP contribution is 2.31. The Balaban J connectivity index is 2.99. The van der Waals surface area contributed by atoms with Gasteiger partial charge < -0.3 is 4.74 Å². The largest absolute Gasteiger partial charge is 0.485 e. The summed E-state index contributed by atoms with van der Waals surface area (Å²) in [6, 6.07) is 2.61. The highest BCUT2D eigenvalue weighted by Gasteiger charge is 2.12. The van der Waals surface area contributed by atoms with E-state index in [4.69, 9.17) is 27.9 Å². The van der Waals surface area contributed by atoms with E-state index in [1.807, 2.05) is 0 Å². The van der Waals surface area contributed by atoms with Crippen molar-refractivity contribution in [3.63, 3.8) is 0 Å². The first kappa shape index (κ1) is 12.2. The molecule has 0 atom stereocenters. The Bertz CT molecular complexity index is 369. The minimum absolute atomic E-state index is 0.0326. The van der Waals surface area contributed by atoms with E-state index in [0.717, 1.165) is 0 Å². The van der Waals surface area contributed by atoms with Crippen LogP contribution >= 0.6 is 23.2 Å². The number of hydrogen-bond donors (Lipinski definition) is 0. The van der Waals surface area contributed by atoms with Crippen molar-refractivity contribution in [2.75, 3.05) is 6.61 Å². The molecule has 0 N–H and O–H groups in total. The third kappa shape index (κ3) is 3.32. The van der Waals surface area contributed by atoms with E-state index in [1.54, 1.807) is 0 Å². The van der Waals surface area contributed by atoms with Crippen LogP contribution in [0, 0.1) is 0 Å². The highest BCUT2D eigenvalue weighted by atomic mass is 35.5. The van der Waals surface area contributed by atoms with Crippen molar-refractivity contribution in [3.8, 4) is 5.75 Å². The SMILES string of the molecule is O=Cc1cc(Cl)cc(Cl)c1OCC(F)F. The highest BCUT2D eigenvalue weighted by molar-refractivity contribution is 6.36. The molecule has 1 aromatic carbocycles. The maximum atomic E-state index is 11.9. The Labute approximate surface area is 94.7 Å². The Morgan fingerprint density at radius 2 is 2.07 bits per heavy atom. The van der Waals surface area contributed by atoms with Gasteiger partial charge in [-0.2, -0.15) is 0 Å². The second-order valence-corrected chi connectivity index (χ2v) is 3.47. The molecular weight excluding hydrogens is 249 g/mol. The van der Waals surface area contributed by atoms with E-state index in [0.29, 0.717) is 6.29 Å². The van der Waals surface area contributed by atoms with Crippen LogP contribution in [-0.4, -0.2) is 19.3 Å². The van der Waals surface area contributed by atoms with Gasteiger partial charge in [-0.05, 0) is 12.1 Å². The zero-order chi connectivity index (χ0) is 11.4. The van der Waals surface area contributed by atoms with Gasteiger partial charge in [-0.25, -0.2) is 8.78 Å². The van der Waals surface area contributed by atoms with E-state index in [9.17, 15) is 13.6 Å². The minimum atomic E-state index is -2.63. The number of aldehydes is 1. The predicted octanol–water partition coefficient (Wildman–Crippen LogP) is 3.45. The van der Waals surface area contributed by atoms with Gasteiger partial charge in [-0.15, -0.1) is 0 Å². The molecule has 0 aromatic heterocycles. The van der Waals surface area contributed by atoms with Crippen molar-refractivity contribution in [3.05, 3.63) is 27.7 Å². The molecular formula is C9H6Cl2F2O2. The predicted molar refractivity (Wildman–Crippen MR) is 53.3 cm³/mol. The Hall–Kier alpha value is -0.870. The molecule has 0 fully saturated rings. The summed E-state index contributed by atoms with van der Waals surface area (Å²) in [5, 5.41) is 0.275. The van der Waals surface area contributed by atoms with Gasteiger partial charge in [0.25, 0.3) is 6.43 Å². The molecule has 0 unspecified atom stereocenters. The third-order valence-corrected chi connectivity index (χ3v) is 2.02. The number of halogens is 4. The van der Waals surface area contributed by atoms with Crippen molar-refractivity contribution in [1.29, 1.82) is 0 Å². The minimum Gasteiger partial charge on any atom is -0.485 e. The summed E-state index contributed by atoms with van der Waals surface area (Å²) in [5.41, 5.74) is 0.0492. The molecule has 82 valence electrons. The van der Waals surface area contributed by atoms with Gasteiger partial charge in [0.05, 0.1) is 10.6 Å². The fraction of sp³-hybridized carbons (Fsp3) is 0.222. The first-order valence-corrected chi connectivity index (χ1v) is 4.65. The first-order chi connectivity index (χ1) is 7.04. The van der Waals surface area contributed by atoms with Crippen molar-refractivity contribution in [2.45, 2.75) is 6.43 Å². The Morgan fingerprint density at radius 3 is 2.60 bits per heavy atom. The van der Waals surface area contributed by atoms with Gasteiger partial charge >= 0.3 is 0 Å². The molecule has 1 aromatic rings. The van der Waals surface area contributed by atoms with Crippen LogP contribution in [0.1, 0.15) is 10.4 Å². The number of hydrogen-bond acceptors (Lipinski definition) is 2. The molecule has 0 radical (unpaired) electrons. The Kier molecular flexibility index (Phi) is 4.29. The average Bonchev–Trinajstić information content (AvgIpc) is 2.14. The van der Waals surface area contributed by atoms with Crippen LogP contribution in [0.3, 0.4) is 0 Å². The summed E-state index contributed by atoms with van der Waals surface area (Å²) in [7, 11) is 0. The van der Waals surface area contributed by atoms with Crippen molar-refractivity contribution in [1.82, 2.24) is 0 Å². The molecule has 0 amide bonds. The van der Waals surface area contributed by atoms with Crippen LogP contribution in [0.2, 0.25) is 10.0 Å². The monoisotopic (exact) mass is 254 g/mol. The molecule has 6 heteroatoms. The lowest BCUT2D eigenvalue weighted by atomic mass is 10.2. The average molecular weight is 255 g/mol. The molecule has 0 aliphatic carbocycles. The molecule has 0 aliphatic heterocycles. The molecule has 0 saturated carbocycles. The third-order valence-electron chi connectivity index (χ3n) is 1.52. The van der Waals surface area contributed by atoms with Crippen LogP contribution in [0.4, 0.5) is 8.78 Å². The molecule has 0 spiro atoms. The second kappa shape index (κ2) is 5.28. The number of ether oxygens (including phenoxy) is 1. The summed E-state index contributed by atoms with van der Waals surface area (Å²) in [4.78, 5) is 10.6. The van der Waals surface area contributed by atoms with Crippen LogP contribution < -0.4 is 4.74 Å². The van der Waals surface area contributed by atoms with Crippen LogP contribution in [-0.2, 0) is 0 Å². The van der Waals surface area contributed by atoms with Gasteiger partial charge in [0, 0.05) is 5.02 Å². The fourth-order valence-corrected chi connectivity index (χ4v) is 1.53. The van der Waals surface area contributed by atoms with Gasteiger partial charge in [-0.3, -0.25) is 4.79 Å². The molecule has 0 aliphatic rings. The number of rotatable bonds is 4. The number of carbonyl (C=O) groups excluding carboxylic acids is 1. The smallest absolute Gasteiger partial charge is 0.272 e. The number of alkyl halides is 2. The quantitative estimate of drug-likeness (QED) is 0.770. The topological polar surface area (TPSA) is 26.3 Å². The zero-order valence-electron chi connectivity index (χ0n) is 7.34. The van der Waals surface area contributed by atoms with Crippen molar-refractivity contribution < 1.29 is 18.3 Å². The molecule has 1 rings (SSSR count). The first-order valence-electron chi connectivity index (χ1n) is 3.89. The van der Waals surface area contributed by atoms with Crippen molar-refractivity contribution in [2.24, 2.45) is 0 Å². The molecule has 0 bridgehead atoms. The van der Waals surface area contributed by atoms with E-state index in [-0.39, 0.29) is 21.4 Å². The summed E-state index contributed by atoms with van der Waals surface area (Å²) in [6.45, 7) is -0.817. The summed E-state index contributed by atoms with van der Waals surface area (Å²) < 4.78 is 28.5. The lowest BCUT2D eigenvalue weighted by Gasteiger charge is -2.09. The zero-order valence-corrected chi connectivity index (χ0v) is 8.86. The number of carbonyl (C=O) groups is 1. The molecule has 2 nitrogen and oxygen atoms in total. The number of benzene rings is 1. The van der Waals surface area contributed by atoms with Crippen LogP contribution in [0.15, 0.2) is 12.1 Å². The normalized spacial score (nSPS) is 10.5. The fourth-order valence-electron chi connectivity index (χ4n) is 0.966. The summed E-state index contributed by atoms with van der Waals surface area (Å²) in [5.74, 6) is -0.0728. The van der Waals surface area contributed by atoms with E-state index in [2.05, 4.69) is 0 Å². The molecule has 15 heavy (non-hydrogen) atoms. The lowest BCUT2D eigenvalue weighted by Crippen LogP contribution is -2.08. The van der Waals surface area contributed by atoms with Gasteiger partial charge in [0.15, 0.2) is 6.29 Å². The van der Waals surface area contributed by atoms with Crippen LogP contribution in [0.25, 0.3) is 0 Å². The van der Waals surface area contributed by atoms with Gasteiger partial charge in [0.1, 0.15) is 12.4 Å². The lowest BCUT2D eigenvalue weighted by molar-refractivity contribution is 0.0810. The van der Waals surface area contributed by atoms with Gasteiger partial charge in [0.2, 0.25) is 0 Å². The van der Waals surface area contributed by atoms with E-state index >= 15 is 0 Å². The molecule has 0 saturated heterocycles. The van der Waals surface area contributed by atoms with E-state index in [1.165, 1.54) is 12.1 Å². The van der Waals surface area contributed by atoms with Gasteiger partial charge in [-0.1, -0.05) is 23.2 Å². The molecule has 0 heterocycles. The summed E-state index contributed by atoms with van der Waals surface area (Å²) in [6.07, 6.45) is -2.19.